The predicted octanol–water partition coefficient (Wildman–Crippen LogP) is 4.48. The lowest BCUT2D eigenvalue weighted by molar-refractivity contribution is 0.242. The Morgan fingerprint density at radius 1 is 1.04 bits per heavy atom. The van der Waals surface area contributed by atoms with Crippen LogP contribution in [0.2, 0.25) is 0 Å². The molecule has 0 aliphatic heterocycles. The van der Waals surface area contributed by atoms with E-state index in [9.17, 15) is 0 Å². The molecule has 0 spiro atoms. The summed E-state index contributed by atoms with van der Waals surface area (Å²) >= 11 is 3.42. The molecule has 118 valence electrons. The van der Waals surface area contributed by atoms with Gasteiger partial charge in [0.05, 0.1) is 6.61 Å². The summed E-state index contributed by atoms with van der Waals surface area (Å²) in [5, 5.41) is 3.97. The van der Waals surface area contributed by atoms with E-state index in [2.05, 4.69) is 26.1 Å². The smallest absolute Gasteiger partial charge is 0.264 e. The van der Waals surface area contributed by atoms with Crippen LogP contribution in [0, 0.1) is 0 Å². The highest BCUT2D eigenvalue weighted by Crippen LogP contribution is 2.21. The number of nitrogens with zero attached hydrogens (tertiary/aromatic N) is 2. The predicted molar refractivity (Wildman–Crippen MR) is 89.4 cm³/mol. The minimum atomic E-state index is 0.217. The van der Waals surface area contributed by atoms with Crippen LogP contribution in [0.5, 0.6) is 11.5 Å². The molecular formula is C17H15BrN2O3. The van der Waals surface area contributed by atoms with Gasteiger partial charge < -0.3 is 14.0 Å². The summed E-state index contributed by atoms with van der Waals surface area (Å²) in [6.07, 6.45) is 0. The van der Waals surface area contributed by atoms with Gasteiger partial charge in [0.1, 0.15) is 11.5 Å². The van der Waals surface area contributed by atoms with Gasteiger partial charge in [0.2, 0.25) is 5.82 Å². The summed E-state index contributed by atoms with van der Waals surface area (Å²) < 4.78 is 17.2. The number of ether oxygens (including phenoxy) is 2. The maximum Gasteiger partial charge on any atom is 0.264 e. The van der Waals surface area contributed by atoms with Crippen LogP contribution in [0.3, 0.4) is 0 Å². The van der Waals surface area contributed by atoms with Gasteiger partial charge in [0, 0.05) is 10.0 Å². The Labute approximate surface area is 142 Å². The molecule has 0 amide bonds. The molecule has 2 aromatic carbocycles. The fourth-order valence-corrected chi connectivity index (χ4v) is 2.40. The maximum absolute atomic E-state index is 5.64. The second-order valence-electron chi connectivity index (χ2n) is 4.72. The first-order valence-corrected chi connectivity index (χ1v) is 7.98. The molecule has 1 aromatic heterocycles. The van der Waals surface area contributed by atoms with Crippen LogP contribution in [0.25, 0.3) is 11.4 Å². The second kappa shape index (κ2) is 7.28. The molecule has 23 heavy (non-hydrogen) atoms. The number of benzene rings is 2. The lowest BCUT2D eigenvalue weighted by Gasteiger charge is -2.05. The quantitative estimate of drug-likeness (QED) is 0.636. The third-order valence-electron chi connectivity index (χ3n) is 3.05. The fourth-order valence-electron chi connectivity index (χ4n) is 2.00. The van der Waals surface area contributed by atoms with Crippen LogP contribution >= 0.6 is 15.9 Å². The van der Waals surface area contributed by atoms with Crippen molar-refractivity contribution in [3.8, 4) is 22.9 Å². The first kappa shape index (κ1) is 15.6. The third-order valence-corrected chi connectivity index (χ3v) is 3.54. The van der Waals surface area contributed by atoms with Gasteiger partial charge in [0.25, 0.3) is 5.89 Å². The van der Waals surface area contributed by atoms with Gasteiger partial charge >= 0.3 is 0 Å². The molecule has 0 fully saturated rings. The Kier molecular flexibility index (Phi) is 4.92. The van der Waals surface area contributed by atoms with Crippen molar-refractivity contribution in [3.05, 3.63) is 58.9 Å². The first-order valence-electron chi connectivity index (χ1n) is 7.19. The molecule has 0 saturated carbocycles. The van der Waals surface area contributed by atoms with E-state index in [1.807, 2.05) is 55.5 Å². The van der Waals surface area contributed by atoms with E-state index in [0.29, 0.717) is 18.3 Å². The zero-order valence-electron chi connectivity index (χ0n) is 12.5. The van der Waals surface area contributed by atoms with Crippen LogP contribution < -0.4 is 9.47 Å². The third kappa shape index (κ3) is 4.10. The van der Waals surface area contributed by atoms with Crippen molar-refractivity contribution >= 4 is 15.9 Å². The summed E-state index contributed by atoms with van der Waals surface area (Å²) in [6.45, 7) is 2.80. The van der Waals surface area contributed by atoms with Gasteiger partial charge in [-0.1, -0.05) is 33.2 Å². The van der Waals surface area contributed by atoms with Gasteiger partial charge in [-0.05, 0) is 43.3 Å². The van der Waals surface area contributed by atoms with Crippen molar-refractivity contribution in [1.29, 1.82) is 0 Å². The Morgan fingerprint density at radius 3 is 2.48 bits per heavy atom. The van der Waals surface area contributed by atoms with Gasteiger partial charge in [-0.2, -0.15) is 4.98 Å². The zero-order valence-corrected chi connectivity index (χ0v) is 14.1. The highest BCUT2D eigenvalue weighted by molar-refractivity contribution is 9.10. The molecule has 0 radical (unpaired) electrons. The Hall–Kier alpha value is -2.34. The summed E-state index contributed by atoms with van der Waals surface area (Å²) in [5.74, 6) is 2.50. The number of halogens is 1. The number of hydrogen-bond acceptors (Lipinski definition) is 5. The molecule has 0 aliphatic carbocycles. The van der Waals surface area contributed by atoms with Crippen molar-refractivity contribution in [1.82, 2.24) is 10.1 Å². The molecule has 0 aliphatic rings. The van der Waals surface area contributed by atoms with E-state index in [-0.39, 0.29) is 6.61 Å². The Morgan fingerprint density at radius 2 is 1.78 bits per heavy atom. The summed E-state index contributed by atoms with van der Waals surface area (Å²) in [6, 6.07) is 15.1. The Bertz CT molecular complexity index is 772. The fraction of sp³-hybridized carbons (Fsp3) is 0.176. The van der Waals surface area contributed by atoms with Crippen molar-refractivity contribution in [2.24, 2.45) is 0 Å². The van der Waals surface area contributed by atoms with Crippen LogP contribution in [0.15, 0.2) is 57.5 Å². The number of aromatic nitrogens is 2. The first-order chi connectivity index (χ1) is 11.2. The van der Waals surface area contributed by atoms with Crippen molar-refractivity contribution in [2.75, 3.05) is 6.61 Å². The SMILES string of the molecule is CCOc1ccc(OCc2nc(-c3cccc(Br)c3)no2)cc1. The summed E-state index contributed by atoms with van der Waals surface area (Å²) in [5.41, 5.74) is 0.885. The van der Waals surface area contributed by atoms with Crippen LogP contribution in [0.4, 0.5) is 0 Å². The largest absolute Gasteiger partial charge is 0.494 e. The Balaban J connectivity index is 1.63. The number of rotatable bonds is 6. The molecular weight excluding hydrogens is 360 g/mol. The zero-order chi connectivity index (χ0) is 16.1. The number of hydrogen-bond donors (Lipinski definition) is 0. The molecule has 0 atom stereocenters. The van der Waals surface area contributed by atoms with E-state index in [1.165, 1.54) is 0 Å². The van der Waals surface area contributed by atoms with E-state index in [0.717, 1.165) is 21.5 Å². The normalized spacial score (nSPS) is 10.5. The summed E-state index contributed by atoms with van der Waals surface area (Å²) in [7, 11) is 0. The lowest BCUT2D eigenvalue weighted by atomic mass is 10.2. The van der Waals surface area contributed by atoms with Gasteiger partial charge in [-0.15, -0.1) is 0 Å². The van der Waals surface area contributed by atoms with E-state index in [1.54, 1.807) is 0 Å². The minimum Gasteiger partial charge on any atom is -0.494 e. The standard InChI is InChI=1S/C17H15BrN2O3/c1-2-21-14-6-8-15(9-7-14)22-11-16-19-17(20-23-16)12-4-3-5-13(18)10-12/h3-10H,2,11H2,1H3. The monoisotopic (exact) mass is 374 g/mol. The van der Waals surface area contributed by atoms with Crippen LogP contribution in [-0.4, -0.2) is 16.7 Å². The van der Waals surface area contributed by atoms with Crippen molar-refractivity contribution in [3.63, 3.8) is 0 Å². The molecule has 6 heteroatoms. The molecule has 3 aromatic rings. The molecule has 0 unspecified atom stereocenters. The average molecular weight is 375 g/mol. The summed E-state index contributed by atoms with van der Waals surface area (Å²) in [4.78, 5) is 4.34. The van der Waals surface area contributed by atoms with Crippen LogP contribution in [-0.2, 0) is 6.61 Å². The van der Waals surface area contributed by atoms with E-state index >= 15 is 0 Å². The highest BCUT2D eigenvalue weighted by Gasteiger charge is 2.09. The molecule has 3 rings (SSSR count). The van der Waals surface area contributed by atoms with Crippen LogP contribution in [0.1, 0.15) is 12.8 Å². The van der Waals surface area contributed by atoms with Gasteiger partial charge in [0.15, 0.2) is 6.61 Å². The highest BCUT2D eigenvalue weighted by atomic mass is 79.9. The van der Waals surface area contributed by atoms with E-state index < -0.39 is 0 Å². The minimum absolute atomic E-state index is 0.217. The topological polar surface area (TPSA) is 57.4 Å². The van der Waals surface area contributed by atoms with Crippen molar-refractivity contribution in [2.45, 2.75) is 13.5 Å². The maximum atomic E-state index is 5.64. The molecule has 1 heterocycles. The molecule has 0 bridgehead atoms. The average Bonchev–Trinajstić information content (AvgIpc) is 3.04. The van der Waals surface area contributed by atoms with E-state index in [4.69, 9.17) is 14.0 Å². The van der Waals surface area contributed by atoms with Gasteiger partial charge in [-0.3, -0.25) is 0 Å². The molecule has 5 nitrogen and oxygen atoms in total. The van der Waals surface area contributed by atoms with Gasteiger partial charge in [-0.25, -0.2) is 0 Å². The lowest BCUT2D eigenvalue weighted by Crippen LogP contribution is -1.96. The molecule has 0 N–H and O–H groups in total. The van der Waals surface area contributed by atoms with Crippen molar-refractivity contribution < 1.29 is 14.0 Å². The molecule has 0 saturated heterocycles. The second-order valence-corrected chi connectivity index (χ2v) is 5.63.